The van der Waals surface area contributed by atoms with Gasteiger partial charge in [0.15, 0.2) is 0 Å². The van der Waals surface area contributed by atoms with E-state index in [-0.39, 0.29) is 5.60 Å². The van der Waals surface area contributed by atoms with Gasteiger partial charge in [-0.05, 0) is 49.6 Å². The maximum Gasteiger partial charge on any atom is 0.119 e. The molecule has 2 aliphatic heterocycles. The van der Waals surface area contributed by atoms with Gasteiger partial charge < -0.3 is 14.8 Å². The third-order valence-corrected chi connectivity index (χ3v) is 5.86. The van der Waals surface area contributed by atoms with Crippen LogP contribution in [0, 0.1) is 0 Å². The van der Waals surface area contributed by atoms with Crippen molar-refractivity contribution in [3.05, 3.63) is 29.8 Å². The Morgan fingerprint density at radius 3 is 3.14 bits per heavy atom. The minimum Gasteiger partial charge on any atom is -0.497 e. The standard InChI is InChI=1S/C17H25NO2S/c1-13(14-4-3-5-16(10-14)19-2)18-15-6-8-20-17(11-15)7-9-21-12-17/h3-5,10,13,15,18H,6-9,11-12H2,1-2H3/t13-,15?,17?/m1/s1. The number of rotatable bonds is 4. The van der Waals surface area contributed by atoms with Gasteiger partial charge in [-0.1, -0.05) is 12.1 Å². The third-order valence-electron chi connectivity index (χ3n) is 4.64. The molecular weight excluding hydrogens is 282 g/mol. The van der Waals surface area contributed by atoms with Crippen molar-refractivity contribution in [1.29, 1.82) is 0 Å². The zero-order chi connectivity index (χ0) is 14.7. The molecule has 0 saturated carbocycles. The van der Waals surface area contributed by atoms with Crippen molar-refractivity contribution >= 4 is 11.8 Å². The van der Waals surface area contributed by atoms with E-state index in [1.165, 1.54) is 23.5 Å². The maximum atomic E-state index is 6.10. The Morgan fingerprint density at radius 2 is 2.38 bits per heavy atom. The molecular formula is C17H25NO2S. The highest BCUT2D eigenvalue weighted by Crippen LogP contribution is 2.38. The van der Waals surface area contributed by atoms with Gasteiger partial charge in [-0.2, -0.15) is 11.8 Å². The second-order valence-electron chi connectivity index (χ2n) is 6.19. The molecule has 2 aliphatic rings. The molecule has 3 rings (SSSR count). The molecule has 116 valence electrons. The first kappa shape index (κ1) is 15.2. The van der Waals surface area contributed by atoms with Crippen molar-refractivity contribution < 1.29 is 9.47 Å². The first-order valence-electron chi connectivity index (χ1n) is 7.82. The minimum atomic E-state index is 0.148. The van der Waals surface area contributed by atoms with E-state index < -0.39 is 0 Å². The molecule has 2 heterocycles. The molecule has 0 aromatic heterocycles. The molecule has 0 bridgehead atoms. The molecule has 3 nitrogen and oxygen atoms in total. The number of thioether (sulfide) groups is 1. The highest BCUT2D eigenvalue weighted by Gasteiger charge is 2.40. The summed E-state index contributed by atoms with van der Waals surface area (Å²) in [5, 5.41) is 3.79. The van der Waals surface area contributed by atoms with Crippen LogP contribution in [0.2, 0.25) is 0 Å². The number of hydrogen-bond donors (Lipinski definition) is 1. The summed E-state index contributed by atoms with van der Waals surface area (Å²) in [6.45, 7) is 3.13. The summed E-state index contributed by atoms with van der Waals surface area (Å²) >= 11 is 2.03. The Bertz CT molecular complexity index is 474. The summed E-state index contributed by atoms with van der Waals surface area (Å²) in [6.07, 6.45) is 3.47. The van der Waals surface area contributed by atoms with Gasteiger partial charge >= 0.3 is 0 Å². The van der Waals surface area contributed by atoms with Crippen LogP contribution in [0.15, 0.2) is 24.3 Å². The number of methoxy groups -OCH3 is 1. The van der Waals surface area contributed by atoms with E-state index in [1.54, 1.807) is 7.11 Å². The van der Waals surface area contributed by atoms with Gasteiger partial charge in [0.25, 0.3) is 0 Å². The van der Waals surface area contributed by atoms with E-state index in [1.807, 2.05) is 17.8 Å². The second kappa shape index (κ2) is 6.59. The summed E-state index contributed by atoms with van der Waals surface area (Å²) < 4.78 is 11.4. The van der Waals surface area contributed by atoms with Crippen molar-refractivity contribution in [1.82, 2.24) is 5.32 Å². The lowest BCUT2D eigenvalue weighted by Gasteiger charge is -2.39. The maximum absolute atomic E-state index is 6.10. The lowest BCUT2D eigenvalue weighted by Crippen LogP contribution is -2.47. The van der Waals surface area contributed by atoms with E-state index in [9.17, 15) is 0 Å². The average Bonchev–Trinajstić information content (AvgIpc) is 2.95. The molecule has 1 spiro atoms. The Kier molecular flexibility index (Phi) is 4.77. The number of hydrogen-bond acceptors (Lipinski definition) is 4. The average molecular weight is 307 g/mol. The van der Waals surface area contributed by atoms with Gasteiger partial charge in [0.1, 0.15) is 5.75 Å². The third kappa shape index (κ3) is 3.55. The zero-order valence-electron chi connectivity index (χ0n) is 12.9. The van der Waals surface area contributed by atoms with Gasteiger partial charge in [-0.15, -0.1) is 0 Å². The first-order valence-corrected chi connectivity index (χ1v) is 8.98. The second-order valence-corrected chi connectivity index (χ2v) is 7.29. The summed E-state index contributed by atoms with van der Waals surface area (Å²) in [4.78, 5) is 0. The van der Waals surface area contributed by atoms with Crippen molar-refractivity contribution in [3.63, 3.8) is 0 Å². The van der Waals surface area contributed by atoms with Crippen LogP contribution in [-0.2, 0) is 4.74 Å². The number of ether oxygens (including phenoxy) is 2. The first-order chi connectivity index (χ1) is 10.2. The fourth-order valence-electron chi connectivity index (χ4n) is 3.39. The predicted molar refractivity (Wildman–Crippen MR) is 88.2 cm³/mol. The van der Waals surface area contributed by atoms with Gasteiger partial charge in [0.05, 0.1) is 12.7 Å². The van der Waals surface area contributed by atoms with Gasteiger partial charge in [0.2, 0.25) is 0 Å². The topological polar surface area (TPSA) is 30.5 Å². The van der Waals surface area contributed by atoms with Crippen LogP contribution in [0.25, 0.3) is 0 Å². The van der Waals surface area contributed by atoms with Crippen molar-refractivity contribution in [2.24, 2.45) is 0 Å². The van der Waals surface area contributed by atoms with Gasteiger partial charge in [0, 0.05) is 24.4 Å². The van der Waals surface area contributed by atoms with Crippen molar-refractivity contribution in [2.75, 3.05) is 25.2 Å². The van der Waals surface area contributed by atoms with Crippen molar-refractivity contribution in [3.8, 4) is 5.75 Å². The molecule has 1 aromatic carbocycles. The SMILES string of the molecule is COc1cccc([C@@H](C)NC2CCOC3(CCSC3)C2)c1. The smallest absolute Gasteiger partial charge is 0.119 e. The predicted octanol–water partition coefficient (Wildman–Crippen LogP) is 3.40. The molecule has 0 aliphatic carbocycles. The van der Waals surface area contributed by atoms with E-state index in [2.05, 4.69) is 30.4 Å². The van der Waals surface area contributed by atoms with Crippen LogP contribution in [0.1, 0.15) is 37.8 Å². The molecule has 4 heteroatoms. The molecule has 2 saturated heterocycles. The molecule has 0 radical (unpaired) electrons. The quantitative estimate of drug-likeness (QED) is 0.923. The Hall–Kier alpha value is -0.710. The highest BCUT2D eigenvalue weighted by molar-refractivity contribution is 7.99. The normalized spacial score (nSPS) is 30.5. The fourth-order valence-corrected chi connectivity index (χ4v) is 4.77. The van der Waals surface area contributed by atoms with E-state index >= 15 is 0 Å². The number of nitrogens with one attached hydrogen (secondary N) is 1. The largest absolute Gasteiger partial charge is 0.497 e. The molecule has 21 heavy (non-hydrogen) atoms. The van der Waals surface area contributed by atoms with E-state index in [0.29, 0.717) is 12.1 Å². The van der Waals surface area contributed by atoms with Crippen LogP contribution in [0.4, 0.5) is 0 Å². The molecule has 0 amide bonds. The molecule has 1 N–H and O–H groups in total. The molecule has 2 unspecified atom stereocenters. The Morgan fingerprint density at radius 1 is 1.48 bits per heavy atom. The lowest BCUT2D eigenvalue weighted by atomic mass is 9.89. The van der Waals surface area contributed by atoms with Gasteiger partial charge in [-0.25, -0.2) is 0 Å². The highest BCUT2D eigenvalue weighted by atomic mass is 32.2. The fraction of sp³-hybridized carbons (Fsp3) is 0.647. The molecule has 1 aromatic rings. The molecule has 3 atom stereocenters. The van der Waals surface area contributed by atoms with Crippen LogP contribution in [0.3, 0.4) is 0 Å². The lowest BCUT2D eigenvalue weighted by molar-refractivity contribution is -0.0711. The monoisotopic (exact) mass is 307 g/mol. The Labute approximate surface area is 131 Å². The summed E-state index contributed by atoms with van der Waals surface area (Å²) in [5.74, 6) is 3.34. The van der Waals surface area contributed by atoms with E-state index in [4.69, 9.17) is 9.47 Å². The number of benzene rings is 1. The van der Waals surface area contributed by atoms with Crippen molar-refractivity contribution in [2.45, 2.75) is 43.9 Å². The van der Waals surface area contributed by atoms with Crippen LogP contribution < -0.4 is 10.1 Å². The van der Waals surface area contributed by atoms with Gasteiger partial charge in [-0.3, -0.25) is 0 Å². The summed E-state index contributed by atoms with van der Waals surface area (Å²) in [6, 6.07) is 9.24. The molecule has 2 fully saturated rings. The van der Waals surface area contributed by atoms with E-state index in [0.717, 1.165) is 25.2 Å². The zero-order valence-corrected chi connectivity index (χ0v) is 13.7. The van der Waals surface area contributed by atoms with Crippen LogP contribution in [0.5, 0.6) is 5.75 Å². The van der Waals surface area contributed by atoms with Crippen LogP contribution in [-0.4, -0.2) is 36.9 Å². The minimum absolute atomic E-state index is 0.148. The summed E-state index contributed by atoms with van der Waals surface area (Å²) in [7, 11) is 1.72. The summed E-state index contributed by atoms with van der Waals surface area (Å²) in [5.41, 5.74) is 1.44. The Balaban J connectivity index is 1.62. The van der Waals surface area contributed by atoms with Crippen LogP contribution >= 0.6 is 11.8 Å².